The van der Waals surface area contributed by atoms with E-state index in [1.807, 2.05) is 14.2 Å². The van der Waals surface area contributed by atoms with E-state index in [2.05, 4.69) is 101 Å². The number of methoxy groups -OCH3 is 2. The maximum absolute atomic E-state index is 6.25. The molecule has 8 rings (SSSR count). The molecule has 4 aromatic carbocycles. The molecule has 0 radical (unpaired) electrons. The largest absolute Gasteiger partial charge is 0.352 e. The third-order valence-electron chi connectivity index (χ3n) is 11.1. The molecule has 0 amide bonds. The minimum atomic E-state index is -0.617. The average Bonchev–Trinajstić information content (AvgIpc) is 3.43. The summed E-state index contributed by atoms with van der Waals surface area (Å²) in [6.07, 6.45) is 0. The first-order valence-corrected chi connectivity index (χ1v) is 14.1. The van der Waals surface area contributed by atoms with Crippen LogP contribution >= 0.6 is 0 Å². The molecule has 2 heteroatoms. The smallest absolute Gasteiger partial charge is 0.182 e. The first-order valence-electron chi connectivity index (χ1n) is 14.1. The van der Waals surface area contributed by atoms with Crippen molar-refractivity contribution in [1.29, 1.82) is 0 Å². The Kier molecular flexibility index (Phi) is 4.22. The zero-order chi connectivity index (χ0) is 26.4. The van der Waals surface area contributed by atoms with Crippen LogP contribution < -0.4 is 0 Å². The Morgan fingerprint density at radius 3 is 2.00 bits per heavy atom. The lowest BCUT2D eigenvalue weighted by Crippen LogP contribution is -2.25. The van der Waals surface area contributed by atoms with Gasteiger partial charge >= 0.3 is 0 Å². The van der Waals surface area contributed by atoms with E-state index in [0.717, 1.165) is 0 Å². The summed E-state index contributed by atoms with van der Waals surface area (Å²) in [5.74, 6) is 0.669. The monoisotopic (exact) mass is 500 g/mol. The molecule has 0 aromatic heterocycles. The van der Waals surface area contributed by atoms with Crippen molar-refractivity contribution in [3.8, 4) is 11.1 Å². The Balaban J connectivity index is 1.51. The lowest BCUT2D eigenvalue weighted by molar-refractivity contribution is -0.136. The Bertz CT molecular complexity index is 1690. The van der Waals surface area contributed by atoms with Gasteiger partial charge in [0, 0.05) is 26.1 Å². The van der Waals surface area contributed by atoms with E-state index in [9.17, 15) is 0 Å². The van der Waals surface area contributed by atoms with Crippen LogP contribution in [0.2, 0.25) is 0 Å². The molecule has 192 valence electrons. The first kappa shape index (κ1) is 23.0. The molecule has 2 nitrogen and oxygen atoms in total. The molecule has 0 N–H and O–H groups in total. The molecule has 0 spiro atoms. The molecule has 0 aliphatic heterocycles. The predicted octanol–water partition coefficient (Wildman–Crippen LogP) is 8.45. The van der Waals surface area contributed by atoms with Gasteiger partial charge in [-0.1, -0.05) is 94.4 Å². The molecule has 4 atom stereocenters. The fourth-order valence-electron chi connectivity index (χ4n) is 9.52. The number of hydrogen-bond acceptors (Lipinski definition) is 2. The van der Waals surface area contributed by atoms with Crippen molar-refractivity contribution in [2.45, 2.75) is 74.9 Å². The second kappa shape index (κ2) is 6.97. The van der Waals surface area contributed by atoms with Crippen LogP contribution in [0.5, 0.6) is 0 Å². The standard InChI is InChI=1S/C36H36O2/c1-19-18-24-27-23(31-33(36(31,37-6)38-7)28(24)21-13-9-8-12-20(19)21)16-17-26-29(27)32-30(35(26,4)5)22-14-10-11-15-25(22)34(32,2)3/h8-18,30-33H,1-7H3. The Morgan fingerprint density at radius 1 is 0.605 bits per heavy atom. The summed E-state index contributed by atoms with van der Waals surface area (Å²) in [6, 6.07) is 25.5. The second-order valence-corrected chi connectivity index (χ2v) is 13.3. The molecule has 4 unspecified atom stereocenters. The summed E-state index contributed by atoms with van der Waals surface area (Å²) < 4.78 is 12.5. The molecular weight excluding hydrogens is 464 g/mol. The highest BCUT2D eigenvalue weighted by molar-refractivity contribution is 5.99. The van der Waals surface area contributed by atoms with Gasteiger partial charge in [0.1, 0.15) is 0 Å². The van der Waals surface area contributed by atoms with E-state index in [1.54, 1.807) is 5.56 Å². The Labute approximate surface area is 226 Å². The van der Waals surface area contributed by atoms with Gasteiger partial charge in [-0.2, -0.15) is 0 Å². The van der Waals surface area contributed by atoms with Crippen LogP contribution in [0.1, 0.15) is 90.3 Å². The third kappa shape index (κ3) is 2.36. The molecule has 0 saturated heterocycles. The number of aryl methyl sites for hydroxylation is 1. The van der Waals surface area contributed by atoms with Crippen LogP contribution in [0, 0.1) is 6.92 Å². The number of hydrogen-bond donors (Lipinski definition) is 0. The molecule has 0 bridgehead atoms. The highest BCUT2D eigenvalue weighted by Crippen LogP contribution is 2.75. The Hall–Kier alpha value is -2.94. The molecule has 1 fully saturated rings. The second-order valence-electron chi connectivity index (χ2n) is 13.3. The summed E-state index contributed by atoms with van der Waals surface area (Å²) in [7, 11) is 3.64. The number of rotatable bonds is 2. The molecule has 4 aliphatic carbocycles. The Morgan fingerprint density at radius 2 is 1.26 bits per heavy atom. The van der Waals surface area contributed by atoms with Crippen molar-refractivity contribution in [2.75, 3.05) is 14.2 Å². The minimum absolute atomic E-state index is 0.0466. The van der Waals surface area contributed by atoms with Crippen LogP contribution in [-0.2, 0) is 20.3 Å². The SMILES string of the molecule is COC1(OC)C2c3ccc4c(c3-c3cc(C)c5ccccc5c3C21)C1C(c2ccccc2C1(C)C)C4(C)C. The molecular formula is C36H36O2. The molecule has 1 saturated carbocycles. The van der Waals surface area contributed by atoms with Gasteiger partial charge < -0.3 is 9.47 Å². The average molecular weight is 501 g/mol. The van der Waals surface area contributed by atoms with Gasteiger partial charge in [0.15, 0.2) is 5.79 Å². The molecule has 4 aliphatic rings. The van der Waals surface area contributed by atoms with E-state index < -0.39 is 5.79 Å². The van der Waals surface area contributed by atoms with Crippen molar-refractivity contribution in [3.63, 3.8) is 0 Å². The maximum atomic E-state index is 6.25. The van der Waals surface area contributed by atoms with Gasteiger partial charge in [-0.05, 0) is 78.6 Å². The van der Waals surface area contributed by atoms with Gasteiger partial charge in [0.2, 0.25) is 0 Å². The zero-order valence-corrected chi connectivity index (χ0v) is 23.5. The normalized spacial score (nSPS) is 27.7. The third-order valence-corrected chi connectivity index (χ3v) is 11.1. The number of ether oxygens (including phenoxy) is 2. The van der Waals surface area contributed by atoms with E-state index in [1.165, 1.54) is 55.3 Å². The lowest BCUT2D eigenvalue weighted by Gasteiger charge is -2.33. The minimum Gasteiger partial charge on any atom is -0.352 e. The van der Waals surface area contributed by atoms with Gasteiger partial charge in [0.25, 0.3) is 0 Å². The van der Waals surface area contributed by atoms with E-state index in [0.29, 0.717) is 11.8 Å². The fraction of sp³-hybridized carbons (Fsp3) is 0.389. The quantitative estimate of drug-likeness (QED) is 0.257. The molecule has 0 heterocycles. The van der Waals surface area contributed by atoms with Crippen LogP contribution in [-0.4, -0.2) is 20.0 Å². The van der Waals surface area contributed by atoms with Crippen molar-refractivity contribution in [1.82, 2.24) is 0 Å². The van der Waals surface area contributed by atoms with Gasteiger partial charge in [-0.25, -0.2) is 0 Å². The van der Waals surface area contributed by atoms with E-state index >= 15 is 0 Å². The molecule has 4 aromatic rings. The van der Waals surface area contributed by atoms with Crippen molar-refractivity contribution >= 4 is 10.8 Å². The summed E-state index contributed by atoms with van der Waals surface area (Å²) >= 11 is 0. The molecule has 38 heavy (non-hydrogen) atoms. The van der Waals surface area contributed by atoms with Gasteiger partial charge in [0.05, 0.1) is 11.8 Å². The number of fused-ring (bicyclic) bond motifs is 14. The maximum Gasteiger partial charge on any atom is 0.182 e. The summed E-state index contributed by atoms with van der Waals surface area (Å²) in [6.45, 7) is 12.2. The lowest BCUT2D eigenvalue weighted by atomic mass is 9.70. The summed E-state index contributed by atoms with van der Waals surface area (Å²) in [5, 5.41) is 2.68. The van der Waals surface area contributed by atoms with Crippen LogP contribution in [0.25, 0.3) is 21.9 Å². The van der Waals surface area contributed by atoms with E-state index in [-0.39, 0.29) is 22.7 Å². The van der Waals surface area contributed by atoms with Gasteiger partial charge in [-0.3, -0.25) is 0 Å². The van der Waals surface area contributed by atoms with Crippen molar-refractivity contribution < 1.29 is 9.47 Å². The predicted molar refractivity (Wildman–Crippen MR) is 154 cm³/mol. The highest BCUT2D eigenvalue weighted by Gasteiger charge is 2.72. The van der Waals surface area contributed by atoms with Crippen molar-refractivity contribution in [3.05, 3.63) is 106 Å². The summed E-state index contributed by atoms with van der Waals surface area (Å²) in [4.78, 5) is 0. The van der Waals surface area contributed by atoms with E-state index in [4.69, 9.17) is 9.47 Å². The van der Waals surface area contributed by atoms with Gasteiger partial charge in [-0.15, -0.1) is 0 Å². The summed E-state index contributed by atoms with van der Waals surface area (Å²) in [5.41, 5.74) is 13.3. The van der Waals surface area contributed by atoms with Crippen LogP contribution in [0.4, 0.5) is 0 Å². The topological polar surface area (TPSA) is 18.5 Å². The number of benzene rings is 4. The zero-order valence-electron chi connectivity index (χ0n) is 23.5. The van der Waals surface area contributed by atoms with Crippen molar-refractivity contribution in [2.24, 2.45) is 0 Å². The highest BCUT2D eigenvalue weighted by atomic mass is 16.7. The first-order chi connectivity index (χ1) is 18.2. The fourth-order valence-corrected chi connectivity index (χ4v) is 9.52. The van der Waals surface area contributed by atoms with Crippen LogP contribution in [0.3, 0.4) is 0 Å². The van der Waals surface area contributed by atoms with Crippen LogP contribution in [0.15, 0.2) is 66.7 Å².